The van der Waals surface area contributed by atoms with Crippen LogP contribution in [-0.4, -0.2) is 56.6 Å². The van der Waals surface area contributed by atoms with Crippen molar-refractivity contribution in [3.63, 3.8) is 0 Å². The lowest BCUT2D eigenvalue weighted by Gasteiger charge is -2.23. The summed E-state index contributed by atoms with van der Waals surface area (Å²) in [5.74, 6) is 0. The molecule has 5 nitrogen and oxygen atoms in total. The van der Waals surface area contributed by atoms with Gasteiger partial charge in [-0.15, -0.1) is 0 Å². The highest BCUT2D eigenvalue weighted by Crippen LogP contribution is 2.06. The molecular weight excluding hydrogens is 188 g/mol. The molecule has 4 atom stereocenters. The van der Waals surface area contributed by atoms with Crippen molar-refractivity contribution in [3.8, 4) is 0 Å². The molecule has 5 N–H and O–H groups in total. The SMILES string of the molecule is CC/C=C/C(O)C(O)C(O)C(O)CO. The van der Waals surface area contributed by atoms with Crippen LogP contribution in [0.3, 0.4) is 0 Å². The summed E-state index contributed by atoms with van der Waals surface area (Å²) >= 11 is 0. The van der Waals surface area contributed by atoms with Crippen LogP contribution in [0.15, 0.2) is 12.2 Å². The van der Waals surface area contributed by atoms with Crippen molar-refractivity contribution in [1.82, 2.24) is 0 Å². The smallest absolute Gasteiger partial charge is 0.112 e. The summed E-state index contributed by atoms with van der Waals surface area (Å²) in [5.41, 5.74) is 0. The van der Waals surface area contributed by atoms with Crippen LogP contribution in [0.25, 0.3) is 0 Å². The minimum absolute atomic E-state index is 0.664. The topological polar surface area (TPSA) is 101 Å². The highest BCUT2D eigenvalue weighted by molar-refractivity contribution is 4.95. The van der Waals surface area contributed by atoms with Gasteiger partial charge in [-0.1, -0.05) is 19.1 Å². The zero-order valence-electron chi connectivity index (χ0n) is 8.11. The molecule has 0 heterocycles. The summed E-state index contributed by atoms with van der Waals surface area (Å²) in [7, 11) is 0. The molecule has 0 amide bonds. The van der Waals surface area contributed by atoms with E-state index in [-0.39, 0.29) is 0 Å². The number of aliphatic hydroxyl groups excluding tert-OH is 5. The Kier molecular flexibility index (Phi) is 6.69. The van der Waals surface area contributed by atoms with Gasteiger partial charge in [0.25, 0.3) is 0 Å². The van der Waals surface area contributed by atoms with Gasteiger partial charge < -0.3 is 25.5 Å². The molecule has 0 aromatic carbocycles. The lowest BCUT2D eigenvalue weighted by molar-refractivity contribution is -0.104. The second kappa shape index (κ2) is 6.92. The number of rotatable bonds is 6. The molecule has 0 saturated carbocycles. The van der Waals surface area contributed by atoms with E-state index in [0.29, 0.717) is 6.42 Å². The monoisotopic (exact) mass is 206 g/mol. The van der Waals surface area contributed by atoms with E-state index in [9.17, 15) is 15.3 Å². The first-order valence-corrected chi connectivity index (χ1v) is 4.54. The predicted octanol–water partition coefficient (Wildman–Crippen LogP) is -1.61. The van der Waals surface area contributed by atoms with Crippen molar-refractivity contribution in [2.45, 2.75) is 37.8 Å². The molecule has 5 heteroatoms. The summed E-state index contributed by atoms with van der Waals surface area (Å²) in [4.78, 5) is 0. The van der Waals surface area contributed by atoms with Crippen LogP contribution in [0.5, 0.6) is 0 Å². The molecule has 0 aliphatic heterocycles. The first kappa shape index (κ1) is 13.5. The Balaban J connectivity index is 4.15. The van der Waals surface area contributed by atoms with Crippen molar-refractivity contribution in [1.29, 1.82) is 0 Å². The number of aliphatic hydroxyl groups is 5. The maximum absolute atomic E-state index is 9.29. The Morgan fingerprint density at radius 3 is 2.07 bits per heavy atom. The van der Waals surface area contributed by atoms with Crippen LogP contribution >= 0.6 is 0 Å². The fourth-order valence-corrected chi connectivity index (χ4v) is 0.927. The summed E-state index contributed by atoms with van der Waals surface area (Å²) in [6, 6.07) is 0. The third kappa shape index (κ3) is 4.17. The van der Waals surface area contributed by atoms with E-state index in [1.807, 2.05) is 6.92 Å². The molecule has 0 saturated heterocycles. The summed E-state index contributed by atoms with van der Waals surface area (Å²) < 4.78 is 0. The maximum atomic E-state index is 9.29. The first-order valence-electron chi connectivity index (χ1n) is 4.54. The zero-order valence-corrected chi connectivity index (χ0v) is 8.11. The number of allylic oxidation sites excluding steroid dienone is 1. The van der Waals surface area contributed by atoms with Crippen molar-refractivity contribution in [2.75, 3.05) is 6.61 Å². The largest absolute Gasteiger partial charge is 0.394 e. The quantitative estimate of drug-likeness (QED) is 0.337. The van der Waals surface area contributed by atoms with Gasteiger partial charge in [0.15, 0.2) is 0 Å². The minimum Gasteiger partial charge on any atom is -0.394 e. The molecule has 0 radical (unpaired) electrons. The van der Waals surface area contributed by atoms with Crippen LogP contribution < -0.4 is 0 Å². The second-order valence-electron chi connectivity index (χ2n) is 3.06. The van der Waals surface area contributed by atoms with E-state index in [4.69, 9.17) is 10.2 Å². The van der Waals surface area contributed by atoms with E-state index in [1.54, 1.807) is 6.08 Å². The number of hydrogen-bond donors (Lipinski definition) is 5. The summed E-state index contributed by atoms with van der Waals surface area (Å²) in [6.45, 7) is 1.19. The molecule has 0 bridgehead atoms. The number of hydrogen-bond acceptors (Lipinski definition) is 5. The Morgan fingerprint density at radius 2 is 1.64 bits per heavy atom. The van der Waals surface area contributed by atoms with Crippen molar-refractivity contribution < 1.29 is 25.5 Å². The van der Waals surface area contributed by atoms with Gasteiger partial charge in [0.1, 0.15) is 24.4 Å². The minimum atomic E-state index is -1.56. The van der Waals surface area contributed by atoms with Gasteiger partial charge in [0, 0.05) is 0 Å². The van der Waals surface area contributed by atoms with Crippen LogP contribution in [0, 0.1) is 0 Å². The molecular formula is C9H18O5. The standard InChI is InChI=1S/C9H18O5/c1-2-3-4-6(11)8(13)9(14)7(12)5-10/h3-4,6-14H,2,5H2,1H3/b4-3+. The molecule has 0 rings (SSSR count). The second-order valence-corrected chi connectivity index (χ2v) is 3.06. The third-order valence-electron chi connectivity index (χ3n) is 1.85. The molecule has 0 fully saturated rings. The normalized spacial score (nSPS) is 20.7. The fraction of sp³-hybridized carbons (Fsp3) is 0.778. The average Bonchev–Trinajstić information content (AvgIpc) is 2.22. The van der Waals surface area contributed by atoms with E-state index in [2.05, 4.69) is 0 Å². The third-order valence-corrected chi connectivity index (χ3v) is 1.85. The zero-order chi connectivity index (χ0) is 11.1. The Hall–Kier alpha value is -0.460. The van der Waals surface area contributed by atoms with Gasteiger partial charge in [0.2, 0.25) is 0 Å². The van der Waals surface area contributed by atoms with Crippen LogP contribution in [-0.2, 0) is 0 Å². The lowest BCUT2D eigenvalue weighted by Crippen LogP contribution is -2.45. The van der Waals surface area contributed by atoms with Crippen molar-refractivity contribution in [3.05, 3.63) is 12.2 Å². The molecule has 14 heavy (non-hydrogen) atoms. The summed E-state index contributed by atoms with van der Waals surface area (Å²) in [6.07, 6.45) is -2.09. The first-order chi connectivity index (χ1) is 6.54. The van der Waals surface area contributed by atoms with E-state index in [0.717, 1.165) is 0 Å². The fourth-order valence-electron chi connectivity index (χ4n) is 0.927. The average molecular weight is 206 g/mol. The molecule has 4 unspecified atom stereocenters. The van der Waals surface area contributed by atoms with Crippen LogP contribution in [0.4, 0.5) is 0 Å². The van der Waals surface area contributed by atoms with Gasteiger partial charge in [-0.2, -0.15) is 0 Å². The van der Waals surface area contributed by atoms with Crippen molar-refractivity contribution >= 4 is 0 Å². The molecule has 0 aliphatic rings. The van der Waals surface area contributed by atoms with Gasteiger partial charge >= 0.3 is 0 Å². The van der Waals surface area contributed by atoms with Gasteiger partial charge in [0.05, 0.1) is 6.61 Å². The molecule has 0 spiro atoms. The predicted molar refractivity (Wildman–Crippen MR) is 50.5 cm³/mol. The van der Waals surface area contributed by atoms with Crippen LogP contribution in [0.1, 0.15) is 13.3 Å². The lowest BCUT2D eigenvalue weighted by atomic mass is 10.0. The molecule has 0 aromatic heterocycles. The van der Waals surface area contributed by atoms with Crippen molar-refractivity contribution in [2.24, 2.45) is 0 Å². The maximum Gasteiger partial charge on any atom is 0.112 e. The Bertz CT molecular complexity index is 171. The molecule has 0 aliphatic carbocycles. The molecule has 84 valence electrons. The van der Waals surface area contributed by atoms with E-state index < -0.39 is 31.0 Å². The highest BCUT2D eigenvalue weighted by Gasteiger charge is 2.28. The van der Waals surface area contributed by atoms with E-state index in [1.165, 1.54) is 6.08 Å². The Morgan fingerprint density at radius 1 is 1.07 bits per heavy atom. The van der Waals surface area contributed by atoms with Gasteiger partial charge in [-0.25, -0.2) is 0 Å². The molecule has 0 aromatic rings. The van der Waals surface area contributed by atoms with Gasteiger partial charge in [-0.3, -0.25) is 0 Å². The van der Waals surface area contributed by atoms with Gasteiger partial charge in [-0.05, 0) is 6.42 Å². The van der Waals surface area contributed by atoms with Crippen LogP contribution in [0.2, 0.25) is 0 Å². The summed E-state index contributed by atoms with van der Waals surface area (Å²) in [5, 5.41) is 45.2. The highest BCUT2D eigenvalue weighted by atomic mass is 16.4. The Labute approximate surface area is 82.9 Å². The van der Waals surface area contributed by atoms with E-state index >= 15 is 0 Å².